The first-order chi connectivity index (χ1) is 10.8. The quantitative estimate of drug-likeness (QED) is 0.605. The molecule has 3 nitrogen and oxygen atoms in total. The van der Waals surface area contributed by atoms with E-state index in [0.29, 0.717) is 18.4 Å². The Bertz CT molecular complexity index is 529. The van der Waals surface area contributed by atoms with Gasteiger partial charge in [-0.15, -0.1) is 0 Å². The first kappa shape index (κ1) is 16.1. The molecule has 23 heavy (non-hydrogen) atoms. The van der Waals surface area contributed by atoms with Gasteiger partial charge in [0.05, 0.1) is 0 Å². The third-order valence-corrected chi connectivity index (χ3v) is 8.16. The molecule has 5 rings (SSSR count). The highest BCUT2D eigenvalue weighted by molar-refractivity contribution is 5.35. The number of hydrogen-bond acceptors (Lipinski definition) is 3. The zero-order valence-electron chi connectivity index (χ0n) is 15.2. The Kier molecular flexibility index (Phi) is 3.38. The summed E-state index contributed by atoms with van der Waals surface area (Å²) in [6.07, 6.45) is 10.3. The van der Waals surface area contributed by atoms with Crippen LogP contribution in [-0.2, 0) is 9.78 Å². The van der Waals surface area contributed by atoms with E-state index >= 15 is 0 Å². The van der Waals surface area contributed by atoms with E-state index in [9.17, 15) is 5.11 Å². The molecule has 2 aliphatic heterocycles. The molecule has 0 amide bonds. The molecule has 1 unspecified atom stereocenters. The molecule has 0 aromatic rings. The van der Waals surface area contributed by atoms with Crippen molar-refractivity contribution in [2.24, 2.45) is 22.7 Å². The third-order valence-electron chi connectivity index (χ3n) is 8.16. The van der Waals surface area contributed by atoms with Gasteiger partial charge in [0.2, 0.25) is 0 Å². The van der Waals surface area contributed by atoms with Crippen LogP contribution in [-0.4, -0.2) is 22.9 Å². The van der Waals surface area contributed by atoms with Crippen molar-refractivity contribution in [1.29, 1.82) is 0 Å². The Labute approximate surface area is 140 Å². The van der Waals surface area contributed by atoms with E-state index in [1.807, 2.05) is 0 Å². The van der Waals surface area contributed by atoms with Gasteiger partial charge in [0.1, 0.15) is 11.2 Å². The molecule has 1 N–H and O–H groups in total. The van der Waals surface area contributed by atoms with Crippen LogP contribution in [0.5, 0.6) is 0 Å². The van der Waals surface area contributed by atoms with E-state index in [2.05, 4.69) is 33.8 Å². The summed E-state index contributed by atoms with van der Waals surface area (Å²) in [7, 11) is 0. The summed E-state index contributed by atoms with van der Waals surface area (Å²) in [5, 5.41) is 10.1. The molecule has 2 bridgehead atoms. The summed E-state index contributed by atoms with van der Waals surface area (Å²) in [4.78, 5) is 12.4. The van der Waals surface area contributed by atoms with Crippen LogP contribution < -0.4 is 0 Å². The van der Waals surface area contributed by atoms with Crippen LogP contribution in [0, 0.1) is 22.7 Å². The highest BCUT2D eigenvalue weighted by atomic mass is 17.2. The highest BCUT2D eigenvalue weighted by Gasteiger charge is 2.68. The summed E-state index contributed by atoms with van der Waals surface area (Å²) in [6.45, 7) is 9.45. The van der Waals surface area contributed by atoms with E-state index in [4.69, 9.17) is 9.78 Å². The van der Waals surface area contributed by atoms with Gasteiger partial charge in [0.15, 0.2) is 0 Å². The summed E-state index contributed by atoms with van der Waals surface area (Å²) in [5.41, 5.74) is 1.14. The maximum Gasteiger partial charge on any atom is 0.130 e. The lowest BCUT2D eigenvalue weighted by molar-refractivity contribution is -0.465. The molecule has 1 saturated heterocycles. The van der Waals surface area contributed by atoms with Gasteiger partial charge in [-0.25, -0.2) is 9.78 Å². The minimum Gasteiger partial charge on any atom is -0.396 e. The molecule has 3 fully saturated rings. The number of aliphatic hydroxyl groups is 1. The van der Waals surface area contributed by atoms with Crippen molar-refractivity contribution in [3.8, 4) is 0 Å². The third kappa shape index (κ3) is 1.82. The van der Waals surface area contributed by atoms with Gasteiger partial charge in [0.25, 0.3) is 0 Å². The Hall–Kier alpha value is -0.380. The second-order valence-corrected chi connectivity index (χ2v) is 9.45. The van der Waals surface area contributed by atoms with E-state index in [0.717, 1.165) is 25.7 Å². The molecule has 2 saturated carbocycles. The summed E-state index contributed by atoms with van der Waals surface area (Å²) >= 11 is 0. The molecular weight excluding hydrogens is 288 g/mol. The fourth-order valence-electron chi connectivity index (χ4n) is 6.51. The molecule has 3 heteroatoms. The number of fused-ring (bicyclic) bond motifs is 3. The minimum atomic E-state index is -0.247. The second kappa shape index (κ2) is 4.83. The number of aliphatic hydroxyl groups excluding tert-OH is 1. The molecule has 130 valence electrons. The fourth-order valence-corrected chi connectivity index (χ4v) is 6.51. The normalized spacial score (nSPS) is 52.1. The highest BCUT2D eigenvalue weighted by Crippen LogP contribution is 2.68. The first-order valence-electron chi connectivity index (χ1n) is 9.52. The fraction of sp³-hybridized carbons (Fsp3) is 0.900. The Morgan fingerprint density at radius 3 is 2.57 bits per heavy atom. The number of rotatable bonds is 2. The van der Waals surface area contributed by atoms with Gasteiger partial charge < -0.3 is 5.11 Å². The maximum atomic E-state index is 10.1. The first-order valence-corrected chi connectivity index (χ1v) is 9.52. The lowest BCUT2D eigenvalue weighted by Crippen LogP contribution is -2.67. The van der Waals surface area contributed by atoms with E-state index < -0.39 is 0 Å². The topological polar surface area (TPSA) is 38.7 Å². The van der Waals surface area contributed by atoms with Gasteiger partial charge >= 0.3 is 0 Å². The number of hydrogen-bond donors (Lipinski definition) is 1. The van der Waals surface area contributed by atoms with Crippen molar-refractivity contribution in [2.75, 3.05) is 6.61 Å². The monoisotopic (exact) mass is 320 g/mol. The standard InChI is InChI=1S/C20H32O3/c1-14(2)19-10-11-20(23-22-19)15(12-19)6-7-16-17(3,13-21)8-5-9-18(16,20)4/h12,14,16,21H,5-11,13H2,1-4H3/t16?,17-,18-,19-,20+/m0/s1. The SMILES string of the molecule is CC(C)[C@@]12C=C3CCC4[C@](C)(CO)CCC[C@]4(C)[C@]3(CC1)OO2. The predicted octanol–water partition coefficient (Wildman–Crippen LogP) is 4.40. The smallest absolute Gasteiger partial charge is 0.130 e. The summed E-state index contributed by atoms with van der Waals surface area (Å²) < 4.78 is 0. The van der Waals surface area contributed by atoms with Gasteiger partial charge in [-0.2, -0.15) is 0 Å². The van der Waals surface area contributed by atoms with Crippen molar-refractivity contribution in [3.63, 3.8) is 0 Å². The molecule has 5 atom stereocenters. The van der Waals surface area contributed by atoms with E-state index in [1.54, 1.807) is 0 Å². The van der Waals surface area contributed by atoms with Gasteiger partial charge in [-0.1, -0.05) is 34.1 Å². The lowest BCUT2D eigenvalue weighted by Gasteiger charge is -2.67. The average molecular weight is 320 g/mol. The van der Waals surface area contributed by atoms with Crippen molar-refractivity contribution in [2.45, 2.75) is 83.8 Å². The van der Waals surface area contributed by atoms with Gasteiger partial charge in [-0.3, -0.25) is 0 Å². The van der Waals surface area contributed by atoms with Crippen LogP contribution >= 0.6 is 0 Å². The summed E-state index contributed by atoms with van der Waals surface area (Å²) in [5.74, 6) is 0.951. The van der Waals surface area contributed by atoms with Gasteiger partial charge in [0, 0.05) is 12.0 Å². The van der Waals surface area contributed by atoms with Crippen LogP contribution in [0.1, 0.15) is 72.6 Å². The van der Waals surface area contributed by atoms with Crippen molar-refractivity contribution in [1.82, 2.24) is 0 Å². The molecular formula is C20H32O3. The molecule has 3 aliphatic carbocycles. The minimum absolute atomic E-state index is 0.0284. The second-order valence-electron chi connectivity index (χ2n) is 9.45. The molecule has 5 aliphatic rings. The predicted molar refractivity (Wildman–Crippen MR) is 89.7 cm³/mol. The van der Waals surface area contributed by atoms with Crippen LogP contribution in [0.4, 0.5) is 0 Å². The average Bonchev–Trinajstić information content (AvgIpc) is 2.55. The van der Waals surface area contributed by atoms with E-state index in [1.165, 1.54) is 24.8 Å². The Balaban J connectivity index is 1.80. The van der Waals surface area contributed by atoms with Crippen LogP contribution in [0.15, 0.2) is 11.6 Å². The zero-order chi connectivity index (χ0) is 16.5. The molecule has 0 radical (unpaired) electrons. The molecule has 0 aromatic heterocycles. The molecule has 0 aromatic carbocycles. The van der Waals surface area contributed by atoms with Crippen LogP contribution in [0.3, 0.4) is 0 Å². The maximum absolute atomic E-state index is 10.1. The van der Waals surface area contributed by atoms with Crippen LogP contribution in [0.25, 0.3) is 0 Å². The Morgan fingerprint density at radius 2 is 1.96 bits per heavy atom. The van der Waals surface area contributed by atoms with E-state index in [-0.39, 0.29) is 22.0 Å². The molecule has 2 heterocycles. The van der Waals surface area contributed by atoms with Crippen molar-refractivity contribution < 1.29 is 14.9 Å². The summed E-state index contributed by atoms with van der Waals surface area (Å²) in [6, 6.07) is 0. The zero-order valence-corrected chi connectivity index (χ0v) is 15.2. The largest absolute Gasteiger partial charge is 0.396 e. The Morgan fingerprint density at radius 1 is 1.17 bits per heavy atom. The van der Waals surface area contributed by atoms with Crippen molar-refractivity contribution >= 4 is 0 Å². The molecule has 1 spiro atoms. The van der Waals surface area contributed by atoms with Crippen molar-refractivity contribution in [3.05, 3.63) is 11.6 Å². The van der Waals surface area contributed by atoms with Gasteiger partial charge in [-0.05, 0) is 67.4 Å². The lowest BCUT2D eigenvalue weighted by atomic mass is 9.43. The van der Waals surface area contributed by atoms with Crippen LogP contribution in [0.2, 0.25) is 0 Å².